The fourth-order valence-electron chi connectivity index (χ4n) is 5.10. The number of amides is 1. The predicted octanol–water partition coefficient (Wildman–Crippen LogP) is 4.02. The van der Waals surface area contributed by atoms with Gasteiger partial charge in [0.1, 0.15) is 17.3 Å². The second kappa shape index (κ2) is 6.64. The molecular weight excluding hydrogens is 400 g/mol. The van der Waals surface area contributed by atoms with Crippen LogP contribution in [0.15, 0.2) is 36.4 Å². The molecule has 1 amide bonds. The van der Waals surface area contributed by atoms with Crippen LogP contribution in [0.1, 0.15) is 45.2 Å². The number of hydrogen-bond donors (Lipinski definition) is 0. The molecule has 2 aromatic carbocycles. The molecule has 6 rings (SSSR count). The Morgan fingerprint density at radius 2 is 2.03 bits per heavy atom. The Balaban J connectivity index is 1.36. The number of benzene rings is 2. The highest BCUT2D eigenvalue weighted by atomic mass is 19.1. The summed E-state index contributed by atoms with van der Waals surface area (Å²) in [5.41, 5.74) is 4.73. The van der Waals surface area contributed by atoms with Crippen LogP contribution in [0.25, 0.3) is 5.69 Å². The van der Waals surface area contributed by atoms with Crippen LogP contribution in [0, 0.1) is 17.6 Å². The van der Waals surface area contributed by atoms with E-state index in [2.05, 4.69) is 5.10 Å². The van der Waals surface area contributed by atoms with Crippen molar-refractivity contribution in [3.8, 4) is 11.4 Å². The molecule has 1 saturated carbocycles. The van der Waals surface area contributed by atoms with E-state index in [0.717, 1.165) is 47.9 Å². The van der Waals surface area contributed by atoms with E-state index < -0.39 is 11.6 Å². The van der Waals surface area contributed by atoms with Gasteiger partial charge in [-0.3, -0.25) is 4.79 Å². The van der Waals surface area contributed by atoms with Crippen LogP contribution in [-0.2, 0) is 19.4 Å². The summed E-state index contributed by atoms with van der Waals surface area (Å²) in [4.78, 5) is 15.3. The molecule has 0 radical (unpaired) electrons. The van der Waals surface area contributed by atoms with Crippen molar-refractivity contribution in [1.82, 2.24) is 14.7 Å². The summed E-state index contributed by atoms with van der Waals surface area (Å²) >= 11 is 0. The third kappa shape index (κ3) is 2.86. The quantitative estimate of drug-likeness (QED) is 0.642. The van der Waals surface area contributed by atoms with Crippen molar-refractivity contribution in [2.24, 2.45) is 5.92 Å². The lowest BCUT2D eigenvalue weighted by Gasteiger charge is -2.28. The first kappa shape index (κ1) is 18.5. The van der Waals surface area contributed by atoms with Crippen LogP contribution in [-0.4, -0.2) is 34.2 Å². The van der Waals surface area contributed by atoms with Crippen molar-refractivity contribution in [3.05, 3.63) is 76.1 Å². The topological polar surface area (TPSA) is 47.4 Å². The molecule has 1 fully saturated rings. The van der Waals surface area contributed by atoms with Crippen molar-refractivity contribution < 1.29 is 18.3 Å². The summed E-state index contributed by atoms with van der Waals surface area (Å²) in [7, 11) is 1.64. The SMILES string of the molecule is COc1ccc2c(c1)CCN(C(=O)c1nn(-c3ccc(F)cc3F)c3c1C[C@H]1C[C@@H]31)C2. The number of aromatic nitrogens is 2. The lowest BCUT2D eigenvalue weighted by molar-refractivity contribution is 0.0727. The summed E-state index contributed by atoms with van der Waals surface area (Å²) in [6, 6.07) is 9.41. The van der Waals surface area contributed by atoms with Crippen molar-refractivity contribution in [2.45, 2.75) is 31.7 Å². The van der Waals surface area contributed by atoms with Gasteiger partial charge in [-0.1, -0.05) is 6.07 Å². The standard InChI is InChI=1S/C24H21F2N3O2/c1-31-17-4-2-14-12-28(7-6-13(14)8-17)24(30)22-19-10-15-9-18(15)23(19)29(27-22)21-5-3-16(25)11-20(21)26/h2-5,8,11,15,18H,6-7,9-10,12H2,1H3/t15-,18-/m1/s1. The van der Waals surface area contributed by atoms with Gasteiger partial charge >= 0.3 is 0 Å². The van der Waals surface area contributed by atoms with E-state index in [-0.39, 0.29) is 11.6 Å². The van der Waals surface area contributed by atoms with E-state index >= 15 is 0 Å². The minimum absolute atomic E-state index is 0.125. The van der Waals surface area contributed by atoms with Gasteiger partial charge < -0.3 is 9.64 Å². The van der Waals surface area contributed by atoms with E-state index in [1.165, 1.54) is 22.4 Å². The third-order valence-electron chi connectivity index (χ3n) is 6.82. The Labute approximate surface area is 178 Å². The molecule has 2 heterocycles. The molecule has 7 heteroatoms. The largest absolute Gasteiger partial charge is 0.497 e. The number of rotatable bonds is 3. The lowest BCUT2D eigenvalue weighted by Crippen LogP contribution is -2.36. The first-order valence-corrected chi connectivity index (χ1v) is 10.6. The highest BCUT2D eigenvalue weighted by molar-refractivity contribution is 5.94. The van der Waals surface area contributed by atoms with E-state index in [9.17, 15) is 13.6 Å². The summed E-state index contributed by atoms with van der Waals surface area (Å²) < 4.78 is 34.8. The van der Waals surface area contributed by atoms with Gasteiger partial charge in [-0.05, 0) is 60.6 Å². The zero-order valence-corrected chi connectivity index (χ0v) is 17.1. The summed E-state index contributed by atoms with van der Waals surface area (Å²) in [6.07, 6.45) is 2.58. The Morgan fingerprint density at radius 3 is 2.84 bits per heavy atom. The number of hydrogen-bond acceptors (Lipinski definition) is 3. The average molecular weight is 421 g/mol. The van der Waals surface area contributed by atoms with Crippen LogP contribution in [0.4, 0.5) is 8.78 Å². The smallest absolute Gasteiger partial charge is 0.274 e. The molecule has 3 aromatic rings. The van der Waals surface area contributed by atoms with Crippen molar-refractivity contribution in [3.63, 3.8) is 0 Å². The highest BCUT2D eigenvalue weighted by Gasteiger charge is 2.50. The van der Waals surface area contributed by atoms with Gasteiger partial charge in [-0.25, -0.2) is 13.5 Å². The predicted molar refractivity (Wildman–Crippen MR) is 109 cm³/mol. The molecule has 1 aromatic heterocycles. The van der Waals surface area contributed by atoms with E-state index in [0.29, 0.717) is 30.6 Å². The molecule has 0 N–H and O–H groups in total. The molecule has 2 atom stereocenters. The van der Waals surface area contributed by atoms with E-state index in [1.54, 1.807) is 7.11 Å². The number of fused-ring (bicyclic) bond motifs is 4. The minimum atomic E-state index is -0.672. The van der Waals surface area contributed by atoms with Gasteiger partial charge in [-0.15, -0.1) is 0 Å². The van der Waals surface area contributed by atoms with Crippen molar-refractivity contribution >= 4 is 5.91 Å². The zero-order valence-electron chi connectivity index (χ0n) is 17.1. The maximum atomic E-state index is 14.5. The first-order chi connectivity index (χ1) is 15.0. The second-order valence-corrected chi connectivity index (χ2v) is 8.64. The van der Waals surface area contributed by atoms with Crippen molar-refractivity contribution in [2.75, 3.05) is 13.7 Å². The van der Waals surface area contributed by atoms with E-state index in [1.807, 2.05) is 23.1 Å². The van der Waals surface area contributed by atoms with Crippen LogP contribution >= 0.6 is 0 Å². The maximum absolute atomic E-state index is 14.5. The Hall–Kier alpha value is -3.22. The number of carbonyl (C=O) groups excluding carboxylic acids is 1. The Bertz CT molecular complexity index is 1240. The van der Waals surface area contributed by atoms with Crippen molar-refractivity contribution in [1.29, 1.82) is 0 Å². The molecule has 0 unspecified atom stereocenters. The molecule has 5 nitrogen and oxygen atoms in total. The number of halogens is 2. The first-order valence-electron chi connectivity index (χ1n) is 10.6. The summed E-state index contributed by atoms with van der Waals surface area (Å²) in [6.45, 7) is 1.11. The molecule has 2 aliphatic carbocycles. The number of ether oxygens (including phenoxy) is 1. The molecular formula is C24H21F2N3O2. The number of methoxy groups -OCH3 is 1. The number of carbonyl (C=O) groups is 1. The number of nitrogens with zero attached hydrogens (tertiary/aromatic N) is 3. The third-order valence-corrected chi connectivity index (χ3v) is 6.82. The van der Waals surface area contributed by atoms with Crippen LogP contribution in [0.3, 0.4) is 0 Å². The molecule has 0 saturated heterocycles. The van der Waals surface area contributed by atoms with Crippen LogP contribution < -0.4 is 4.74 Å². The molecule has 3 aliphatic rings. The molecule has 0 bridgehead atoms. The Kier molecular flexibility index (Phi) is 3.97. The van der Waals surface area contributed by atoms with Gasteiger partial charge in [0.2, 0.25) is 0 Å². The highest BCUT2D eigenvalue weighted by Crippen LogP contribution is 2.57. The summed E-state index contributed by atoms with van der Waals surface area (Å²) in [5.74, 6) is 0.200. The molecule has 1 aliphatic heterocycles. The monoisotopic (exact) mass is 421 g/mol. The van der Waals surface area contributed by atoms with Gasteiger partial charge in [0.25, 0.3) is 5.91 Å². The fraction of sp³-hybridized carbons (Fsp3) is 0.333. The lowest BCUT2D eigenvalue weighted by atomic mass is 9.98. The van der Waals surface area contributed by atoms with Gasteiger partial charge in [0.05, 0.1) is 12.8 Å². The minimum Gasteiger partial charge on any atom is -0.497 e. The second-order valence-electron chi connectivity index (χ2n) is 8.64. The maximum Gasteiger partial charge on any atom is 0.274 e. The van der Waals surface area contributed by atoms with Gasteiger partial charge in [0, 0.05) is 30.6 Å². The van der Waals surface area contributed by atoms with Crippen LogP contribution in [0.2, 0.25) is 0 Å². The molecule has 158 valence electrons. The Morgan fingerprint density at radius 1 is 1.16 bits per heavy atom. The molecule has 0 spiro atoms. The van der Waals surface area contributed by atoms with Crippen LogP contribution in [0.5, 0.6) is 5.75 Å². The summed E-state index contributed by atoms with van der Waals surface area (Å²) in [5, 5.41) is 4.57. The molecule has 31 heavy (non-hydrogen) atoms. The normalized spacial score (nSPS) is 20.8. The zero-order chi connectivity index (χ0) is 21.3. The van der Waals surface area contributed by atoms with Gasteiger partial charge in [-0.2, -0.15) is 5.10 Å². The average Bonchev–Trinajstić information content (AvgIpc) is 3.28. The van der Waals surface area contributed by atoms with E-state index in [4.69, 9.17) is 4.74 Å². The van der Waals surface area contributed by atoms with Gasteiger partial charge in [0.15, 0.2) is 11.5 Å². The fourth-order valence-corrected chi connectivity index (χ4v) is 5.10.